The Morgan fingerprint density at radius 1 is 1.09 bits per heavy atom. The number of benzene rings is 2. The van der Waals surface area contributed by atoms with E-state index in [1.165, 1.54) is 5.01 Å². The molecule has 5 nitrogen and oxygen atoms in total. The number of carbonyl (C=O) groups is 2. The van der Waals surface area contributed by atoms with Gasteiger partial charge in [-0.05, 0) is 29.8 Å². The Kier molecular flexibility index (Phi) is 3.73. The Morgan fingerprint density at radius 3 is 2.36 bits per heavy atom. The van der Waals surface area contributed by atoms with Crippen LogP contribution in [0.15, 0.2) is 54.6 Å². The lowest BCUT2D eigenvalue weighted by Crippen LogP contribution is -2.63. The quantitative estimate of drug-likeness (QED) is 0.517. The van der Waals surface area contributed by atoms with Crippen LogP contribution in [0.5, 0.6) is 0 Å². The summed E-state index contributed by atoms with van der Waals surface area (Å²) in [4.78, 5) is 24.1. The normalized spacial score (nSPS) is 20.4. The van der Waals surface area contributed by atoms with Crippen molar-refractivity contribution in [2.75, 3.05) is 5.73 Å². The second-order valence-corrected chi connectivity index (χ2v) is 5.50. The van der Waals surface area contributed by atoms with Crippen molar-refractivity contribution in [1.82, 2.24) is 10.4 Å². The van der Waals surface area contributed by atoms with Crippen molar-refractivity contribution in [2.24, 2.45) is 0 Å². The first kappa shape index (κ1) is 14.4. The van der Waals surface area contributed by atoms with Gasteiger partial charge >= 0.3 is 0 Å². The summed E-state index contributed by atoms with van der Waals surface area (Å²) < 4.78 is 0. The van der Waals surface area contributed by atoms with Gasteiger partial charge < -0.3 is 5.73 Å². The lowest BCUT2D eigenvalue weighted by molar-refractivity contribution is -0.149. The molecule has 0 aliphatic carbocycles. The molecule has 3 rings (SSSR count). The van der Waals surface area contributed by atoms with Gasteiger partial charge in [-0.25, -0.2) is 5.01 Å². The fourth-order valence-electron chi connectivity index (χ4n) is 2.36. The minimum atomic E-state index is -0.672. The van der Waals surface area contributed by atoms with Gasteiger partial charge in [-0.3, -0.25) is 15.0 Å². The van der Waals surface area contributed by atoms with Gasteiger partial charge in [0, 0.05) is 11.3 Å². The maximum Gasteiger partial charge on any atom is 0.269 e. The molecule has 6 heteroatoms. The highest BCUT2D eigenvalue weighted by molar-refractivity contribution is 6.33. The van der Waals surface area contributed by atoms with Crippen LogP contribution in [0, 0.1) is 0 Å². The van der Waals surface area contributed by atoms with Gasteiger partial charge in [0.2, 0.25) is 0 Å². The molecule has 1 fully saturated rings. The summed E-state index contributed by atoms with van der Waals surface area (Å²) in [5.74, 6) is -0.697. The number of nitrogens with two attached hydrogens (primary N) is 1. The summed E-state index contributed by atoms with van der Waals surface area (Å²) in [6, 6.07) is 15.4. The average molecular weight is 316 g/mol. The van der Waals surface area contributed by atoms with Crippen LogP contribution in [0.1, 0.15) is 22.0 Å². The number of halogens is 1. The Hall–Kier alpha value is -2.53. The molecule has 0 bridgehead atoms. The number of amides is 2. The van der Waals surface area contributed by atoms with E-state index in [1.807, 2.05) is 30.3 Å². The monoisotopic (exact) mass is 315 g/mol. The van der Waals surface area contributed by atoms with Gasteiger partial charge in [-0.1, -0.05) is 30.3 Å². The van der Waals surface area contributed by atoms with Gasteiger partial charge in [0.25, 0.3) is 11.8 Å². The summed E-state index contributed by atoms with van der Waals surface area (Å²) in [5.41, 5.74) is 10.1. The third-order valence-corrected chi connectivity index (χ3v) is 3.99. The Bertz CT molecular complexity index is 703. The molecule has 22 heavy (non-hydrogen) atoms. The number of nitrogens with one attached hydrogen (secondary N) is 1. The van der Waals surface area contributed by atoms with Crippen LogP contribution in [0.25, 0.3) is 0 Å². The predicted octanol–water partition coefficient (Wildman–Crippen LogP) is 2.10. The highest BCUT2D eigenvalue weighted by Crippen LogP contribution is 2.36. The summed E-state index contributed by atoms with van der Waals surface area (Å²) in [7, 11) is 0. The first-order valence-corrected chi connectivity index (χ1v) is 7.20. The molecule has 1 saturated heterocycles. The molecule has 1 heterocycles. The van der Waals surface area contributed by atoms with Crippen LogP contribution in [0.3, 0.4) is 0 Å². The average Bonchev–Trinajstić information content (AvgIpc) is 2.55. The number of rotatable bonds is 3. The van der Waals surface area contributed by atoms with Gasteiger partial charge in [0.1, 0.15) is 11.4 Å². The van der Waals surface area contributed by atoms with E-state index in [0.717, 1.165) is 5.56 Å². The summed E-state index contributed by atoms with van der Waals surface area (Å²) in [6.07, 6.45) is 0. The van der Waals surface area contributed by atoms with Gasteiger partial charge in [0.05, 0.1) is 0 Å². The molecule has 0 spiro atoms. The van der Waals surface area contributed by atoms with Crippen molar-refractivity contribution < 1.29 is 9.59 Å². The summed E-state index contributed by atoms with van der Waals surface area (Å²) in [5, 5.41) is 0.597. The number of alkyl halides is 1. The van der Waals surface area contributed by atoms with Crippen molar-refractivity contribution in [1.29, 1.82) is 0 Å². The lowest BCUT2D eigenvalue weighted by Gasteiger charge is -2.43. The van der Waals surface area contributed by atoms with Crippen molar-refractivity contribution in [3.05, 3.63) is 65.7 Å². The molecule has 0 aromatic heterocycles. The van der Waals surface area contributed by atoms with Crippen LogP contribution >= 0.6 is 11.6 Å². The number of anilines is 1. The SMILES string of the molecule is Nc1ccc(C(=O)NN2C(=O)[C@H](Cl)[C@H]2c2ccccc2)cc1. The van der Waals surface area contributed by atoms with Crippen LogP contribution in [0.2, 0.25) is 0 Å². The van der Waals surface area contributed by atoms with Gasteiger partial charge in [-0.2, -0.15) is 0 Å². The highest BCUT2D eigenvalue weighted by Gasteiger charge is 2.48. The summed E-state index contributed by atoms with van der Waals surface area (Å²) >= 11 is 6.09. The fraction of sp³-hybridized carbons (Fsp3) is 0.125. The Labute approximate surface area is 132 Å². The second-order valence-electron chi connectivity index (χ2n) is 5.03. The van der Waals surface area contributed by atoms with Crippen molar-refractivity contribution in [2.45, 2.75) is 11.4 Å². The Morgan fingerprint density at radius 2 is 1.73 bits per heavy atom. The van der Waals surface area contributed by atoms with E-state index in [4.69, 9.17) is 17.3 Å². The molecule has 0 radical (unpaired) electrons. The highest BCUT2D eigenvalue weighted by atomic mass is 35.5. The van der Waals surface area contributed by atoms with Crippen molar-refractivity contribution >= 4 is 29.1 Å². The minimum Gasteiger partial charge on any atom is -0.399 e. The number of nitrogens with zero attached hydrogens (tertiary/aromatic N) is 1. The number of nitrogen functional groups attached to an aromatic ring is 1. The van der Waals surface area contributed by atoms with Gasteiger partial charge in [-0.15, -0.1) is 11.6 Å². The zero-order valence-corrected chi connectivity index (χ0v) is 12.3. The molecule has 2 amide bonds. The third kappa shape index (κ3) is 2.51. The lowest BCUT2D eigenvalue weighted by atomic mass is 9.95. The topological polar surface area (TPSA) is 75.4 Å². The molecule has 1 aliphatic heterocycles. The third-order valence-electron chi connectivity index (χ3n) is 3.56. The standard InChI is InChI=1S/C16H14ClN3O2/c17-13-14(10-4-2-1-3-5-10)20(16(13)22)19-15(21)11-6-8-12(18)9-7-11/h1-9,13-14H,18H2,(H,19,21)/t13-,14-/m1/s1. The maximum absolute atomic E-state index is 12.2. The largest absolute Gasteiger partial charge is 0.399 e. The Balaban J connectivity index is 1.77. The van der Waals surface area contributed by atoms with Crippen LogP contribution in [-0.2, 0) is 4.79 Å². The molecule has 2 aromatic carbocycles. The van der Waals surface area contributed by atoms with Crippen molar-refractivity contribution in [3.63, 3.8) is 0 Å². The fourth-order valence-corrected chi connectivity index (χ4v) is 2.72. The molecule has 0 saturated carbocycles. The molecular formula is C16H14ClN3O2. The molecule has 2 aromatic rings. The van der Waals surface area contributed by atoms with Crippen molar-refractivity contribution in [3.8, 4) is 0 Å². The minimum absolute atomic E-state index is 0.320. The number of hydrazine groups is 1. The number of carbonyl (C=O) groups excluding carboxylic acids is 2. The number of hydrogen-bond acceptors (Lipinski definition) is 3. The molecule has 112 valence electrons. The predicted molar refractivity (Wildman–Crippen MR) is 84.0 cm³/mol. The van der Waals surface area contributed by atoms with E-state index in [2.05, 4.69) is 5.43 Å². The summed E-state index contributed by atoms with van der Waals surface area (Å²) in [6.45, 7) is 0. The van der Waals surface area contributed by atoms with E-state index >= 15 is 0 Å². The van der Waals surface area contributed by atoms with Crippen LogP contribution in [0.4, 0.5) is 5.69 Å². The molecule has 3 N–H and O–H groups in total. The maximum atomic E-state index is 12.2. The first-order chi connectivity index (χ1) is 10.6. The van der Waals surface area contributed by atoms with E-state index < -0.39 is 5.38 Å². The molecular weight excluding hydrogens is 302 g/mol. The van der Waals surface area contributed by atoms with Crippen LogP contribution in [-0.4, -0.2) is 22.2 Å². The molecule has 0 unspecified atom stereocenters. The number of β-lactam (4-membered cyclic amide) rings is 1. The van der Waals surface area contributed by atoms with Gasteiger partial charge in [0.15, 0.2) is 0 Å². The van der Waals surface area contributed by atoms with E-state index in [1.54, 1.807) is 24.3 Å². The van der Waals surface area contributed by atoms with Crippen LogP contribution < -0.4 is 11.2 Å². The first-order valence-electron chi connectivity index (χ1n) is 6.76. The zero-order valence-electron chi connectivity index (χ0n) is 11.6. The van der Waals surface area contributed by atoms with E-state index in [0.29, 0.717) is 11.3 Å². The van der Waals surface area contributed by atoms with E-state index in [-0.39, 0.29) is 17.9 Å². The second kappa shape index (κ2) is 5.69. The van der Waals surface area contributed by atoms with E-state index in [9.17, 15) is 9.59 Å². The number of hydrogen-bond donors (Lipinski definition) is 2. The smallest absolute Gasteiger partial charge is 0.269 e. The zero-order chi connectivity index (χ0) is 15.7. The molecule has 1 aliphatic rings. The molecule has 2 atom stereocenters.